The maximum Gasteiger partial charge on any atom is 0.342 e. The molecule has 120 valence electrons. The molecule has 0 radical (unpaired) electrons. The van der Waals surface area contributed by atoms with Crippen LogP contribution in [-0.4, -0.2) is 27.7 Å². The number of imidazole rings is 1. The van der Waals surface area contributed by atoms with Crippen molar-refractivity contribution in [1.29, 1.82) is 5.26 Å². The fraction of sp³-hybridized carbons (Fsp3) is 0.118. The first-order valence-corrected chi connectivity index (χ1v) is 7.08. The van der Waals surface area contributed by atoms with Gasteiger partial charge in [0.15, 0.2) is 11.6 Å². The molecule has 0 bridgehead atoms. The molecule has 2 heterocycles. The third-order valence-electron chi connectivity index (χ3n) is 3.45. The van der Waals surface area contributed by atoms with E-state index in [1.807, 2.05) is 18.2 Å². The average Bonchev–Trinajstić information content (AvgIpc) is 3.19. The van der Waals surface area contributed by atoms with Gasteiger partial charge in [0.25, 0.3) is 0 Å². The van der Waals surface area contributed by atoms with Gasteiger partial charge in [-0.1, -0.05) is 12.1 Å². The SMILES string of the molecule is Cc1occc1C(=O)OCC(O)=C(C#N)c1nc2ccccc2[nH]1. The van der Waals surface area contributed by atoms with Crippen LogP contribution in [0.3, 0.4) is 0 Å². The van der Waals surface area contributed by atoms with E-state index in [4.69, 9.17) is 9.15 Å². The van der Waals surface area contributed by atoms with E-state index < -0.39 is 12.6 Å². The predicted octanol–water partition coefficient (Wildman–Crippen LogP) is 3.11. The van der Waals surface area contributed by atoms with E-state index in [-0.39, 0.29) is 22.7 Å². The van der Waals surface area contributed by atoms with E-state index in [0.29, 0.717) is 11.3 Å². The second-order valence-electron chi connectivity index (χ2n) is 5.00. The van der Waals surface area contributed by atoms with Gasteiger partial charge >= 0.3 is 5.97 Å². The van der Waals surface area contributed by atoms with Crippen LogP contribution in [-0.2, 0) is 4.74 Å². The number of nitrogens with zero attached hydrogens (tertiary/aromatic N) is 2. The fourth-order valence-corrected chi connectivity index (χ4v) is 2.21. The maximum absolute atomic E-state index is 11.9. The molecule has 0 aliphatic rings. The van der Waals surface area contributed by atoms with Crippen LogP contribution in [0.1, 0.15) is 21.9 Å². The zero-order valence-electron chi connectivity index (χ0n) is 12.7. The largest absolute Gasteiger partial charge is 0.507 e. The van der Waals surface area contributed by atoms with Gasteiger partial charge in [-0.25, -0.2) is 9.78 Å². The number of H-pyrrole nitrogens is 1. The summed E-state index contributed by atoms with van der Waals surface area (Å²) in [6, 6.07) is 10.6. The molecular weight excluding hydrogens is 310 g/mol. The lowest BCUT2D eigenvalue weighted by molar-refractivity contribution is 0.0501. The molecule has 1 aromatic carbocycles. The van der Waals surface area contributed by atoms with E-state index in [1.54, 1.807) is 19.1 Å². The van der Waals surface area contributed by atoms with Crippen LogP contribution in [0.4, 0.5) is 0 Å². The zero-order chi connectivity index (χ0) is 17.1. The average molecular weight is 323 g/mol. The van der Waals surface area contributed by atoms with E-state index in [0.717, 1.165) is 5.52 Å². The van der Waals surface area contributed by atoms with Crippen molar-refractivity contribution in [3.05, 3.63) is 59.5 Å². The summed E-state index contributed by atoms with van der Waals surface area (Å²) in [5.74, 6) is -0.395. The van der Waals surface area contributed by atoms with E-state index in [1.165, 1.54) is 12.3 Å². The number of para-hydroxylation sites is 2. The summed E-state index contributed by atoms with van der Waals surface area (Å²) in [7, 11) is 0. The number of fused-ring (bicyclic) bond motifs is 1. The van der Waals surface area contributed by atoms with Crippen molar-refractivity contribution in [3.8, 4) is 6.07 Å². The van der Waals surface area contributed by atoms with Gasteiger partial charge in [0.05, 0.1) is 17.3 Å². The fourth-order valence-electron chi connectivity index (χ4n) is 2.21. The highest BCUT2D eigenvalue weighted by molar-refractivity contribution is 5.90. The quantitative estimate of drug-likeness (QED) is 0.433. The maximum atomic E-state index is 11.9. The number of nitrogens with one attached hydrogen (secondary N) is 1. The minimum atomic E-state index is -0.644. The third-order valence-corrected chi connectivity index (χ3v) is 3.45. The van der Waals surface area contributed by atoms with Crippen molar-refractivity contribution in [3.63, 3.8) is 0 Å². The Balaban J connectivity index is 1.81. The minimum Gasteiger partial charge on any atom is -0.507 e. The van der Waals surface area contributed by atoms with Crippen LogP contribution in [0.25, 0.3) is 16.6 Å². The Morgan fingerprint density at radius 3 is 2.88 bits per heavy atom. The molecule has 0 aliphatic heterocycles. The first-order valence-electron chi connectivity index (χ1n) is 7.08. The van der Waals surface area contributed by atoms with Crippen LogP contribution in [0, 0.1) is 18.3 Å². The highest BCUT2D eigenvalue weighted by atomic mass is 16.5. The van der Waals surface area contributed by atoms with Gasteiger partial charge in [0, 0.05) is 0 Å². The molecule has 0 amide bonds. The van der Waals surface area contributed by atoms with Crippen LogP contribution >= 0.6 is 0 Å². The number of aryl methyl sites for hydroxylation is 1. The summed E-state index contributed by atoms with van der Waals surface area (Å²) in [6.45, 7) is 1.19. The second-order valence-corrected chi connectivity index (χ2v) is 5.00. The molecule has 0 saturated carbocycles. The molecule has 3 aromatic rings. The van der Waals surface area contributed by atoms with Gasteiger partial charge in [-0.05, 0) is 25.1 Å². The number of carbonyl (C=O) groups excluding carboxylic acids is 1. The number of rotatable bonds is 4. The Bertz CT molecular complexity index is 942. The predicted molar refractivity (Wildman–Crippen MR) is 85.0 cm³/mol. The third kappa shape index (κ3) is 2.85. The Morgan fingerprint density at radius 1 is 1.42 bits per heavy atom. The standard InChI is InChI=1S/C17H13N3O4/c1-10-11(6-7-23-10)17(22)24-9-15(21)12(8-18)16-19-13-4-2-3-5-14(13)20-16/h2-7,21H,9H2,1H3,(H,19,20). The molecule has 0 saturated heterocycles. The van der Waals surface area contributed by atoms with Gasteiger partial charge in [-0.3, -0.25) is 0 Å². The highest BCUT2D eigenvalue weighted by Crippen LogP contribution is 2.19. The first-order chi connectivity index (χ1) is 11.6. The Kier molecular flexibility index (Phi) is 4.03. The number of aromatic nitrogens is 2. The number of esters is 1. The molecule has 7 nitrogen and oxygen atoms in total. The number of ether oxygens (including phenoxy) is 1. The molecule has 2 aromatic heterocycles. The van der Waals surface area contributed by atoms with Crippen molar-refractivity contribution >= 4 is 22.6 Å². The summed E-state index contributed by atoms with van der Waals surface area (Å²) in [6.07, 6.45) is 1.37. The number of nitriles is 1. The lowest BCUT2D eigenvalue weighted by Gasteiger charge is -2.04. The van der Waals surface area contributed by atoms with Crippen molar-refractivity contribution in [1.82, 2.24) is 9.97 Å². The van der Waals surface area contributed by atoms with Crippen molar-refractivity contribution in [2.24, 2.45) is 0 Å². The number of furan rings is 1. The lowest BCUT2D eigenvalue weighted by atomic mass is 10.2. The normalized spacial score (nSPS) is 11.8. The summed E-state index contributed by atoms with van der Waals surface area (Å²) in [4.78, 5) is 19.1. The molecule has 0 unspecified atom stereocenters. The topological polar surface area (TPSA) is 112 Å². The number of aromatic amines is 1. The summed E-state index contributed by atoms with van der Waals surface area (Å²) >= 11 is 0. The van der Waals surface area contributed by atoms with Gasteiger partial charge < -0.3 is 19.2 Å². The van der Waals surface area contributed by atoms with Gasteiger partial charge in [0.2, 0.25) is 0 Å². The summed E-state index contributed by atoms with van der Waals surface area (Å²) in [5.41, 5.74) is 1.59. The highest BCUT2D eigenvalue weighted by Gasteiger charge is 2.17. The van der Waals surface area contributed by atoms with E-state index in [2.05, 4.69) is 9.97 Å². The van der Waals surface area contributed by atoms with Crippen LogP contribution < -0.4 is 0 Å². The van der Waals surface area contributed by atoms with Gasteiger partial charge in [-0.2, -0.15) is 5.26 Å². The Hall–Kier alpha value is -3.53. The van der Waals surface area contributed by atoms with Crippen LogP contribution in [0.2, 0.25) is 0 Å². The summed E-state index contributed by atoms with van der Waals surface area (Å²) < 4.78 is 10.0. The van der Waals surface area contributed by atoms with E-state index >= 15 is 0 Å². The molecule has 0 atom stereocenters. The monoisotopic (exact) mass is 323 g/mol. The van der Waals surface area contributed by atoms with Crippen molar-refractivity contribution < 1.29 is 19.1 Å². The van der Waals surface area contributed by atoms with Crippen molar-refractivity contribution in [2.45, 2.75) is 6.92 Å². The number of aliphatic hydroxyl groups is 1. The number of aliphatic hydroxyl groups excluding tert-OH is 1. The van der Waals surface area contributed by atoms with E-state index in [9.17, 15) is 15.2 Å². The lowest BCUT2D eigenvalue weighted by Crippen LogP contribution is -2.09. The number of hydrogen-bond acceptors (Lipinski definition) is 6. The zero-order valence-corrected chi connectivity index (χ0v) is 12.7. The Morgan fingerprint density at radius 2 is 2.21 bits per heavy atom. The molecule has 3 rings (SSSR count). The van der Waals surface area contributed by atoms with Gasteiger partial charge in [-0.15, -0.1) is 0 Å². The van der Waals surface area contributed by atoms with Crippen molar-refractivity contribution in [2.75, 3.05) is 6.61 Å². The van der Waals surface area contributed by atoms with Crippen LogP contribution in [0.15, 0.2) is 46.8 Å². The number of carbonyl (C=O) groups is 1. The molecular formula is C17H13N3O4. The van der Waals surface area contributed by atoms with Gasteiger partial charge in [0.1, 0.15) is 29.6 Å². The number of allylic oxidation sites excluding steroid dienone is 1. The molecule has 2 N–H and O–H groups in total. The smallest absolute Gasteiger partial charge is 0.342 e. The first kappa shape index (κ1) is 15.4. The van der Waals surface area contributed by atoms with Crippen LogP contribution in [0.5, 0.6) is 0 Å². The molecule has 24 heavy (non-hydrogen) atoms. The number of hydrogen-bond donors (Lipinski definition) is 2. The second kappa shape index (κ2) is 6.30. The minimum absolute atomic E-state index is 0.0806. The number of benzene rings is 1. The Labute approximate surface area is 136 Å². The molecule has 0 aliphatic carbocycles. The molecule has 0 spiro atoms. The molecule has 0 fully saturated rings. The summed E-state index contributed by atoms with van der Waals surface area (Å²) in [5, 5.41) is 19.4. The molecule has 7 heteroatoms.